The molecule has 2 aliphatic rings. The predicted molar refractivity (Wildman–Crippen MR) is 64.7 cm³/mol. The van der Waals surface area contributed by atoms with E-state index in [2.05, 4.69) is 0 Å². The number of amides is 1. The molecule has 2 unspecified atom stereocenters. The van der Waals surface area contributed by atoms with Crippen LogP contribution in [-0.2, 0) is 9.53 Å². The number of nitrogens with one attached hydrogen (secondary N) is 1. The van der Waals surface area contributed by atoms with Crippen LogP contribution in [0.1, 0.15) is 0 Å². The van der Waals surface area contributed by atoms with Crippen LogP contribution in [0.15, 0.2) is 9.78 Å². The molecule has 2 heterocycles. The Hall–Kier alpha value is -0.490. The summed E-state index contributed by atoms with van der Waals surface area (Å²) in [6.45, 7) is -0.493. The van der Waals surface area contributed by atoms with Crippen molar-refractivity contribution in [2.75, 3.05) is 6.61 Å². The third-order valence-electron chi connectivity index (χ3n) is 2.80. The summed E-state index contributed by atoms with van der Waals surface area (Å²) in [6.07, 6.45) is -5.50. The number of carbonyl (C=O) groups excluding carboxylic acids is 1. The zero-order valence-electron chi connectivity index (χ0n) is 9.03. The maximum absolute atomic E-state index is 13.7. The fourth-order valence-electron chi connectivity index (χ4n) is 1.84. The molecule has 2 aliphatic heterocycles. The normalized spacial score (nSPS) is 40.7. The van der Waals surface area contributed by atoms with E-state index in [4.69, 9.17) is 9.84 Å². The summed E-state index contributed by atoms with van der Waals surface area (Å²) in [4.78, 5) is 12.1. The molecule has 0 spiro atoms. The number of carbonyl (C=O) groups is 1. The first-order valence-electron chi connectivity index (χ1n) is 5.18. The Morgan fingerprint density at radius 1 is 1.50 bits per heavy atom. The molecular weight excluding hydrogens is 362 g/mol. The molecule has 5 atom stereocenters. The third-order valence-corrected chi connectivity index (χ3v) is 3.57. The highest BCUT2D eigenvalue weighted by Crippen LogP contribution is 2.28. The second kappa shape index (κ2) is 5.25. The van der Waals surface area contributed by atoms with Gasteiger partial charge in [-0.2, -0.15) is 4.39 Å². The lowest BCUT2D eigenvalue weighted by molar-refractivity contribution is -0.138. The summed E-state index contributed by atoms with van der Waals surface area (Å²) >= 11 is 1.71. The minimum atomic E-state index is -1.86. The van der Waals surface area contributed by atoms with Crippen LogP contribution in [0.25, 0.3) is 0 Å². The van der Waals surface area contributed by atoms with E-state index in [1.165, 1.54) is 6.20 Å². The molecule has 7 nitrogen and oxygen atoms in total. The van der Waals surface area contributed by atoms with Gasteiger partial charge >= 0.3 is 0 Å². The molecule has 9 heteroatoms. The molecule has 0 aromatic heterocycles. The standard InChI is InChI=1S/C9H12FIN2O5/c10-9-12-7(17)3(11)1-13(9)8-6(16)5(15)4(2-14)18-8/h1,4-6,8-9,14-16H,2H2,(H,12,17)/t4-,5-,6+,8?,9?/m0/s1. The minimum absolute atomic E-state index is 0.222. The summed E-state index contributed by atoms with van der Waals surface area (Å²) in [5.41, 5.74) is 0. The largest absolute Gasteiger partial charge is 0.394 e. The molecule has 18 heavy (non-hydrogen) atoms. The molecule has 4 N–H and O–H groups in total. The highest BCUT2D eigenvalue weighted by atomic mass is 127. The summed E-state index contributed by atoms with van der Waals surface area (Å²) in [5.74, 6) is -0.564. The predicted octanol–water partition coefficient (Wildman–Crippen LogP) is -1.61. The Kier molecular flexibility index (Phi) is 4.06. The van der Waals surface area contributed by atoms with Gasteiger partial charge < -0.3 is 30.3 Å². The molecule has 0 radical (unpaired) electrons. The van der Waals surface area contributed by atoms with Gasteiger partial charge in [-0.25, -0.2) is 0 Å². The molecule has 0 bridgehead atoms. The van der Waals surface area contributed by atoms with E-state index in [-0.39, 0.29) is 3.58 Å². The maximum Gasteiger partial charge on any atom is 0.262 e. The lowest BCUT2D eigenvalue weighted by Gasteiger charge is -2.34. The highest BCUT2D eigenvalue weighted by molar-refractivity contribution is 14.1. The van der Waals surface area contributed by atoms with Gasteiger partial charge in [0.15, 0.2) is 6.23 Å². The van der Waals surface area contributed by atoms with Crippen molar-refractivity contribution in [3.05, 3.63) is 9.78 Å². The van der Waals surface area contributed by atoms with E-state index >= 15 is 0 Å². The van der Waals surface area contributed by atoms with Gasteiger partial charge in [0.05, 0.1) is 10.2 Å². The van der Waals surface area contributed by atoms with Crippen molar-refractivity contribution in [3.63, 3.8) is 0 Å². The number of nitrogens with zero attached hydrogens (tertiary/aromatic N) is 1. The van der Waals surface area contributed by atoms with Crippen LogP contribution in [0.3, 0.4) is 0 Å². The second-order valence-electron chi connectivity index (χ2n) is 3.96. The number of aliphatic hydroxyl groups excluding tert-OH is 3. The van der Waals surface area contributed by atoms with Crippen molar-refractivity contribution < 1.29 is 29.2 Å². The topological polar surface area (TPSA) is 102 Å². The number of rotatable bonds is 2. The molecule has 1 saturated heterocycles. The summed E-state index contributed by atoms with van der Waals surface area (Å²) in [5, 5.41) is 30.3. The van der Waals surface area contributed by atoms with Crippen LogP contribution >= 0.6 is 22.6 Å². The van der Waals surface area contributed by atoms with Crippen molar-refractivity contribution in [3.8, 4) is 0 Å². The van der Waals surface area contributed by atoms with Crippen LogP contribution in [0.4, 0.5) is 4.39 Å². The average Bonchev–Trinajstić information content (AvgIpc) is 2.61. The lowest BCUT2D eigenvalue weighted by Crippen LogP contribution is -2.54. The molecular formula is C9H12FIN2O5. The van der Waals surface area contributed by atoms with E-state index in [9.17, 15) is 19.4 Å². The summed E-state index contributed by atoms with van der Waals surface area (Å²) in [6, 6.07) is 0. The Labute approximate surface area is 115 Å². The van der Waals surface area contributed by atoms with Gasteiger partial charge in [-0.1, -0.05) is 0 Å². The monoisotopic (exact) mass is 374 g/mol. The molecule has 0 aromatic rings. The SMILES string of the molecule is O=C1NC(F)N(C2O[C@@H](CO)[C@H](O)[C@H]2O)C=C1I. The molecule has 2 rings (SSSR count). The zero-order valence-corrected chi connectivity index (χ0v) is 11.2. The zero-order chi connectivity index (χ0) is 13.4. The summed E-state index contributed by atoms with van der Waals surface area (Å²) < 4.78 is 19.1. The van der Waals surface area contributed by atoms with E-state index in [1.54, 1.807) is 22.6 Å². The van der Waals surface area contributed by atoms with Crippen molar-refractivity contribution >= 4 is 28.5 Å². The Bertz CT molecular complexity index is 382. The number of hydrogen-bond acceptors (Lipinski definition) is 6. The molecule has 102 valence electrons. The number of alkyl halides is 1. The van der Waals surface area contributed by atoms with Gasteiger partial charge in [0, 0.05) is 6.20 Å². The van der Waals surface area contributed by atoms with Crippen molar-refractivity contribution in [2.45, 2.75) is 31.0 Å². The minimum Gasteiger partial charge on any atom is -0.394 e. The van der Waals surface area contributed by atoms with Gasteiger partial charge in [-0.3, -0.25) is 4.79 Å². The van der Waals surface area contributed by atoms with Crippen molar-refractivity contribution in [1.29, 1.82) is 0 Å². The number of aliphatic hydroxyl groups is 3. The molecule has 1 amide bonds. The van der Waals surface area contributed by atoms with E-state index in [1.807, 2.05) is 5.32 Å². The van der Waals surface area contributed by atoms with Crippen LogP contribution in [0.2, 0.25) is 0 Å². The van der Waals surface area contributed by atoms with E-state index in [0.717, 1.165) is 4.90 Å². The second-order valence-corrected chi connectivity index (χ2v) is 5.12. The smallest absolute Gasteiger partial charge is 0.262 e. The van der Waals surface area contributed by atoms with Gasteiger partial charge in [0.25, 0.3) is 12.3 Å². The van der Waals surface area contributed by atoms with Crippen LogP contribution in [0, 0.1) is 0 Å². The van der Waals surface area contributed by atoms with Crippen LogP contribution < -0.4 is 5.32 Å². The fourth-order valence-corrected chi connectivity index (χ4v) is 2.31. The average molecular weight is 374 g/mol. The molecule has 0 saturated carbocycles. The highest BCUT2D eigenvalue weighted by Gasteiger charge is 2.47. The lowest BCUT2D eigenvalue weighted by atomic mass is 10.1. The first-order valence-corrected chi connectivity index (χ1v) is 6.25. The van der Waals surface area contributed by atoms with Gasteiger partial charge in [0.1, 0.15) is 18.3 Å². The Balaban J connectivity index is 2.19. The maximum atomic E-state index is 13.7. The molecule has 0 aromatic carbocycles. The van der Waals surface area contributed by atoms with Gasteiger partial charge in [0.2, 0.25) is 0 Å². The van der Waals surface area contributed by atoms with E-state index in [0.29, 0.717) is 0 Å². The number of hydrogen-bond donors (Lipinski definition) is 4. The Morgan fingerprint density at radius 3 is 2.72 bits per heavy atom. The van der Waals surface area contributed by atoms with Crippen molar-refractivity contribution in [1.82, 2.24) is 10.2 Å². The number of halogens is 2. The number of ether oxygens (including phenoxy) is 1. The first kappa shape index (κ1) is 13.9. The molecule has 1 fully saturated rings. The van der Waals surface area contributed by atoms with Crippen LogP contribution in [0.5, 0.6) is 0 Å². The van der Waals surface area contributed by atoms with Crippen molar-refractivity contribution in [2.24, 2.45) is 0 Å². The first-order chi connectivity index (χ1) is 8.45. The summed E-state index contributed by atoms with van der Waals surface area (Å²) in [7, 11) is 0. The van der Waals surface area contributed by atoms with E-state index < -0.39 is 43.5 Å². The Morgan fingerprint density at radius 2 is 2.17 bits per heavy atom. The quantitative estimate of drug-likeness (QED) is 0.343. The van der Waals surface area contributed by atoms with Gasteiger partial charge in [-0.15, -0.1) is 0 Å². The van der Waals surface area contributed by atoms with Crippen LogP contribution in [-0.4, -0.2) is 63.7 Å². The fraction of sp³-hybridized carbons (Fsp3) is 0.667. The molecule has 0 aliphatic carbocycles. The third kappa shape index (κ3) is 2.32. The van der Waals surface area contributed by atoms with Gasteiger partial charge in [-0.05, 0) is 22.6 Å².